The van der Waals surface area contributed by atoms with E-state index in [2.05, 4.69) is 155 Å². The lowest BCUT2D eigenvalue weighted by molar-refractivity contribution is 0.116. The molecular weight excluding hydrogens is 765 g/mol. The quantitative estimate of drug-likeness (QED) is 0.0584. The lowest BCUT2D eigenvalue weighted by Gasteiger charge is -2.48. The van der Waals surface area contributed by atoms with Crippen LogP contribution in [-0.2, 0) is 35.4 Å². The molecule has 2 aliphatic heterocycles. The number of rotatable bonds is 18. The maximum Gasteiger partial charge on any atom is 0.314 e. The summed E-state index contributed by atoms with van der Waals surface area (Å²) < 4.78 is 47.7. The Morgan fingerprint density at radius 3 is 1.21 bits per heavy atom. The number of ether oxygens (including phenoxy) is 4. The molecule has 2 rings (SSSR count). The van der Waals surface area contributed by atoms with E-state index in [0.717, 1.165) is 45.5 Å². The molecule has 0 aromatic rings. The van der Waals surface area contributed by atoms with Crippen molar-refractivity contribution < 1.29 is 35.4 Å². The van der Waals surface area contributed by atoms with Gasteiger partial charge in [-0.25, -0.2) is 0 Å². The van der Waals surface area contributed by atoms with Crippen molar-refractivity contribution >= 4 is 51.1 Å². The van der Waals surface area contributed by atoms with E-state index < -0.39 is 51.1 Å². The molecule has 8 nitrogen and oxygen atoms in total. The average molecular weight is 858 g/mol. The molecule has 2 heterocycles. The largest absolute Gasteiger partial charge is 0.438 e. The third kappa shape index (κ3) is 21.9. The van der Waals surface area contributed by atoms with Crippen molar-refractivity contribution in [2.24, 2.45) is 0 Å². The van der Waals surface area contributed by atoms with Crippen molar-refractivity contribution in [3.8, 4) is 0 Å². The second-order valence-corrected chi connectivity index (χ2v) is 46.6. The van der Waals surface area contributed by atoms with E-state index in [1.165, 1.54) is 0 Å². The molecule has 2 saturated heterocycles. The van der Waals surface area contributed by atoms with Crippen LogP contribution in [0.5, 0.6) is 0 Å². The van der Waals surface area contributed by atoms with Gasteiger partial charge >= 0.3 is 8.56 Å². The van der Waals surface area contributed by atoms with Crippen LogP contribution in [0.1, 0.15) is 96.9 Å². The molecule has 0 saturated carbocycles. The summed E-state index contributed by atoms with van der Waals surface area (Å²) in [5, 5.41) is 0.922. The first-order chi connectivity index (χ1) is 23.0. The van der Waals surface area contributed by atoms with Gasteiger partial charge in [0.1, 0.15) is 12.2 Å². The SMILES string of the molecule is C.C=CCOCC1CO1.CC(C)(C)[Si](C)(C)O[Si](C)(CCCOCC1CO1)O[Si](C)(C)C(C)(C)C.C[SiH](O[Si](C)(C)C(C)(C)C)O[Si](C)(C)C(C)(C)C. The fraction of sp³-hybridized carbons (Fsp3) is 0.949. The van der Waals surface area contributed by atoms with E-state index in [9.17, 15) is 0 Å². The minimum absolute atomic E-state index is 0. The van der Waals surface area contributed by atoms with Gasteiger partial charge < -0.3 is 35.4 Å². The Kier molecular flexibility index (Phi) is 22.8. The highest BCUT2D eigenvalue weighted by atomic mass is 28.5. The molecule has 0 bridgehead atoms. The summed E-state index contributed by atoms with van der Waals surface area (Å²) in [6.45, 7) is 58.7. The van der Waals surface area contributed by atoms with Crippen LogP contribution in [-0.4, -0.2) is 103 Å². The zero-order valence-electron chi connectivity index (χ0n) is 38.4. The van der Waals surface area contributed by atoms with E-state index >= 15 is 0 Å². The normalized spacial score (nSPS) is 18.7. The average Bonchev–Trinajstić information content (AvgIpc) is 3.82. The van der Waals surface area contributed by atoms with Crippen molar-refractivity contribution in [2.75, 3.05) is 39.6 Å². The van der Waals surface area contributed by atoms with Gasteiger partial charge in [0, 0.05) is 6.61 Å². The predicted molar refractivity (Wildman–Crippen MR) is 245 cm³/mol. The van der Waals surface area contributed by atoms with Crippen molar-refractivity contribution in [2.45, 2.75) is 201 Å². The minimum atomic E-state index is -2.29. The number of epoxide rings is 2. The Morgan fingerprint density at radius 2 is 0.925 bits per heavy atom. The Bertz CT molecular complexity index is 979. The summed E-state index contributed by atoms with van der Waals surface area (Å²) in [7, 11) is -10.9. The molecule has 2 aliphatic rings. The summed E-state index contributed by atoms with van der Waals surface area (Å²) in [6, 6.07) is 0.998. The highest BCUT2D eigenvalue weighted by molar-refractivity contribution is 6.90. The maximum atomic E-state index is 6.97. The van der Waals surface area contributed by atoms with Gasteiger partial charge in [0.2, 0.25) is 0 Å². The Hall–Kier alpha value is 0.721. The minimum Gasteiger partial charge on any atom is -0.438 e. The molecule has 0 aromatic heterocycles. The van der Waals surface area contributed by atoms with Gasteiger partial charge in [-0.1, -0.05) is 96.6 Å². The summed E-state index contributed by atoms with van der Waals surface area (Å²) in [5.41, 5.74) is 0. The van der Waals surface area contributed by atoms with Crippen LogP contribution in [0.15, 0.2) is 12.7 Å². The standard InChI is InChI=1S/C19H44O4Si3.C13H34O2Si3.C6H10O2.CH4/c1-18(2,3)24(7,8)22-26(11,23-25(9,10)19(4,5)6)14-12-13-20-15-17-16-21-17;1-12(2,3)17(8,9)14-16(7)15-18(10,11)13(4,5)6;1-2-3-7-4-6-5-8-6;/h17H,12-16H2,1-11H3;16H,1-11H3;2,6H,1,3-5H2;1H4. The van der Waals surface area contributed by atoms with Crippen LogP contribution in [0.2, 0.25) is 91.7 Å². The van der Waals surface area contributed by atoms with Gasteiger partial charge in [-0.3, -0.25) is 0 Å². The van der Waals surface area contributed by atoms with E-state index in [1.54, 1.807) is 6.08 Å². The lowest BCUT2D eigenvalue weighted by atomic mass is 10.2. The Morgan fingerprint density at radius 1 is 0.604 bits per heavy atom. The van der Waals surface area contributed by atoms with Gasteiger partial charge in [-0.05, 0) is 98.1 Å². The van der Waals surface area contributed by atoms with Crippen molar-refractivity contribution in [1.82, 2.24) is 0 Å². The van der Waals surface area contributed by atoms with Crippen LogP contribution in [0.4, 0.5) is 0 Å². The van der Waals surface area contributed by atoms with Crippen LogP contribution in [0.3, 0.4) is 0 Å². The first kappa shape index (κ1) is 55.8. The number of hydrogen-bond donors (Lipinski definition) is 0. The smallest absolute Gasteiger partial charge is 0.314 e. The Labute approximate surface area is 338 Å². The maximum absolute atomic E-state index is 6.97. The fourth-order valence-electron chi connectivity index (χ4n) is 4.04. The second-order valence-electron chi connectivity index (χ2n) is 21.1. The predicted octanol–water partition coefficient (Wildman–Crippen LogP) is 12.0. The molecule has 2 fully saturated rings. The fourth-order valence-corrected chi connectivity index (χ4v) is 27.4. The molecule has 0 spiro atoms. The number of hydrogen-bond acceptors (Lipinski definition) is 8. The van der Waals surface area contributed by atoms with Gasteiger partial charge in [0.15, 0.2) is 33.3 Å². The van der Waals surface area contributed by atoms with E-state index in [0.29, 0.717) is 18.8 Å². The molecule has 53 heavy (non-hydrogen) atoms. The molecule has 0 N–H and O–H groups in total. The topological polar surface area (TPSA) is 80.4 Å². The van der Waals surface area contributed by atoms with Gasteiger partial charge in [-0.15, -0.1) is 6.58 Å². The van der Waals surface area contributed by atoms with Crippen molar-refractivity contribution in [3.05, 3.63) is 12.7 Å². The first-order valence-electron chi connectivity index (χ1n) is 19.8. The van der Waals surface area contributed by atoms with Gasteiger partial charge in [0.05, 0.1) is 33.0 Å². The van der Waals surface area contributed by atoms with Gasteiger partial charge in [0.25, 0.3) is 9.28 Å². The monoisotopic (exact) mass is 857 g/mol. The molecule has 2 atom stereocenters. The molecule has 2 unspecified atom stereocenters. The molecular formula is C39H92O8Si6. The molecule has 320 valence electrons. The second kappa shape index (κ2) is 21.6. The van der Waals surface area contributed by atoms with Crippen LogP contribution >= 0.6 is 0 Å². The third-order valence-electron chi connectivity index (χ3n) is 11.7. The van der Waals surface area contributed by atoms with E-state index in [-0.39, 0.29) is 27.6 Å². The van der Waals surface area contributed by atoms with Crippen molar-refractivity contribution in [1.29, 1.82) is 0 Å². The van der Waals surface area contributed by atoms with E-state index in [1.807, 2.05) is 0 Å². The third-order valence-corrected chi connectivity index (χ3v) is 42.3. The summed E-state index contributed by atoms with van der Waals surface area (Å²) >= 11 is 0. The zero-order chi connectivity index (χ0) is 41.3. The molecule has 0 amide bonds. The molecule has 0 aromatic carbocycles. The van der Waals surface area contributed by atoms with Crippen molar-refractivity contribution in [3.63, 3.8) is 0 Å². The van der Waals surface area contributed by atoms with E-state index in [4.69, 9.17) is 35.4 Å². The zero-order valence-corrected chi connectivity index (χ0v) is 44.6. The highest BCUT2D eigenvalue weighted by Crippen LogP contribution is 2.44. The van der Waals surface area contributed by atoms with Gasteiger partial charge in [-0.2, -0.15) is 0 Å². The molecule has 0 radical (unpaired) electrons. The van der Waals surface area contributed by atoms with Crippen LogP contribution in [0.25, 0.3) is 0 Å². The first-order valence-corrected chi connectivity index (χ1v) is 36.0. The highest BCUT2D eigenvalue weighted by Gasteiger charge is 2.50. The Balaban J connectivity index is 0. The van der Waals surface area contributed by atoms with Crippen LogP contribution < -0.4 is 0 Å². The summed E-state index contributed by atoms with van der Waals surface area (Å²) in [6.07, 6.45) is 3.46. The summed E-state index contributed by atoms with van der Waals surface area (Å²) in [5.74, 6) is 0. The van der Waals surface area contributed by atoms with Crippen LogP contribution in [0, 0.1) is 0 Å². The molecule has 14 heteroatoms. The summed E-state index contributed by atoms with van der Waals surface area (Å²) in [4.78, 5) is 0. The molecule has 0 aliphatic carbocycles. The lowest BCUT2D eigenvalue weighted by Crippen LogP contribution is -2.58.